The molecule has 39 heavy (non-hydrogen) atoms. The van der Waals surface area contributed by atoms with Crippen molar-refractivity contribution < 1.29 is 66.6 Å². The summed E-state index contributed by atoms with van der Waals surface area (Å²) in [4.78, 5) is 13.6. The van der Waals surface area contributed by atoms with Crippen molar-refractivity contribution in [1.82, 2.24) is 4.90 Å². The van der Waals surface area contributed by atoms with Gasteiger partial charge in [0.2, 0.25) is 0 Å². The van der Waals surface area contributed by atoms with Crippen LogP contribution in [-0.2, 0) is 11.3 Å². The van der Waals surface area contributed by atoms with Crippen LogP contribution in [-0.4, -0.2) is 58.9 Å². The summed E-state index contributed by atoms with van der Waals surface area (Å²) in [6, 6.07) is 4.36. The van der Waals surface area contributed by atoms with E-state index in [-0.39, 0.29) is 19.2 Å². The minimum Gasteiger partial charge on any atom is -0.444 e. The molecule has 0 aliphatic heterocycles. The molecule has 0 saturated heterocycles. The molecule has 3 nitrogen and oxygen atoms in total. The topological polar surface area (TPSA) is 29.5 Å². The van der Waals surface area contributed by atoms with Crippen molar-refractivity contribution >= 4 is 12.2 Å². The predicted octanol–water partition coefficient (Wildman–Crippen LogP) is 8.59. The Morgan fingerprint density at radius 1 is 0.769 bits per heavy atom. The molecule has 16 heteroatoms. The second-order valence-electron chi connectivity index (χ2n) is 9.40. The van der Waals surface area contributed by atoms with Crippen LogP contribution in [0.15, 0.2) is 30.3 Å². The lowest BCUT2D eigenvalue weighted by Gasteiger charge is -2.39. The van der Waals surface area contributed by atoms with Gasteiger partial charge in [-0.25, -0.2) is 4.79 Å². The van der Waals surface area contributed by atoms with E-state index >= 15 is 0 Å². The fourth-order valence-corrected chi connectivity index (χ4v) is 2.87. The predicted molar refractivity (Wildman–Crippen MR) is 113 cm³/mol. The van der Waals surface area contributed by atoms with Crippen molar-refractivity contribution in [3.63, 3.8) is 0 Å². The van der Waals surface area contributed by atoms with Crippen molar-refractivity contribution in [2.24, 2.45) is 0 Å². The van der Waals surface area contributed by atoms with Gasteiger partial charge >= 0.3 is 41.9 Å². The molecule has 1 rings (SSSR count). The van der Waals surface area contributed by atoms with Crippen molar-refractivity contribution in [1.29, 1.82) is 0 Å². The van der Waals surface area contributed by atoms with E-state index in [1.54, 1.807) is 27.7 Å². The van der Waals surface area contributed by atoms with Gasteiger partial charge in [-0.1, -0.05) is 37.3 Å². The normalized spacial score (nSPS) is 14.6. The van der Waals surface area contributed by atoms with Gasteiger partial charge in [0, 0.05) is 13.1 Å². The summed E-state index contributed by atoms with van der Waals surface area (Å²) in [6.45, 7) is 6.79. The first-order chi connectivity index (χ1) is 17.2. The zero-order valence-electron chi connectivity index (χ0n) is 20.8. The Kier molecular flexibility index (Phi) is 9.74. The second kappa shape index (κ2) is 11.1. The Hall–Kier alpha value is -2.68. The van der Waals surface area contributed by atoms with E-state index in [4.69, 9.17) is 4.74 Å². The van der Waals surface area contributed by atoms with Crippen LogP contribution < -0.4 is 0 Å². The number of carbonyl (C=O) groups excluding carboxylic acids is 1. The zero-order valence-corrected chi connectivity index (χ0v) is 20.8. The van der Waals surface area contributed by atoms with E-state index < -0.39 is 59.1 Å². The van der Waals surface area contributed by atoms with E-state index in [0.717, 1.165) is 12.1 Å². The highest BCUT2D eigenvalue weighted by Crippen LogP contribution is 2.60. The number of ether oxygens (including phenoxy) is 1. The first-order valence-corrected chi connectivity index (χ1v) is 11.0. The molecule has 0 fully saturated rings. The summed E-state index contributed by atoms with van der Waals surface area (Å²) in [5.41, 5.74) is -0.859. The molecule has 1 aromatic carbocycles. The van der Waals surface area contributed by atoms with Crippen LogP contribution in [0.5, 0.6) is 0 Å². The number of carbonyl (C=O) groups is 1. The van der Waals surface area contributed by atoms with Crippen molar-refractivity contribution in [2.45, 2.75) is 82.1 Å². The van der Waals surface area contributed by atoms with Gasteiger partial charge in [0.15, 0.2) is 0 Å². The van der Waals surface area contributed by atoms with Gasteiger partial charge in [-0.15, -0.1) is 0 Å². The molecular formula is C23H24F13NO2. The highest BCUT2D eigenvalue weighted by molar-refractivity contribution is 5.68. The summed E-state index contributed by atoms with van der Waals surface area (Å²) in [5.74, 6) is -37.3. The van der Waals surface area contributed by atoms with Crippen LogP contribution in [0.1, 0.15) is 45.2 Å². The molecule has 0 unspecified atom stereocenters. The van der Waals surface area contributed by atoms with Crippen molar-refractivity contribution in [3.05, 3.63) is 41.5 Å². The van der Waals surface area contributed by atoms with Gasteiger partial charge in [-0.3, -0.25) is 0 Å². The Labute approximate surface area is 214 Å². The molecular weight excluding hydrogens is 569 g/mol. The average Bonchev–Trinajstić information content (AvgIpc) is 2.75. The molecule has 1 aromatic rings. The molecule has 0 aromatic heterocycles. The van der Waals surface area contributed by atoms with Crippen molar-refractivity contribution in [2.75, 3.05) is 6.54 Å². The summed E-state index contributed by atoms with van der Waals surface area (Å²) in [6.07, 6.45) is -8.61. The lowest BCUT2D eigenvalue weighted by molar-refractivity contribution is -0.436. The lowest BCUT2D eigenvalue weighted by atomic mass is 9.93. The molecule has 0 radical (unpaired) electrons. The second-order valence-corrected chi connectivity index (χ2v) is 9.40. The number of benzene rings is 1. The van der Waals surface area contributed by atoms with Crippen LogP contribution in [0.3, 0.4) is 0 Å². The van der Waals surface area contributed by atoms with Gasteiger partial charge in [-0.05, 0) is 44.4 Å². The average molecular weight is 593 g/mol. The number of nitrogens with zero attached hydrogens (tertiary/aromatic N) is 1. The third-order valence-corrected chi connectivity index (χ3v) is 4.94. The maximum Gasteiger partial charge on any atom is 0.460 e. The number of hydrogen-bond acceptors (Lipinski definition) is 2. The standard InChI is InChI=1S/C23H24F13NO2/c1-5-12-37(16(38)39-17(2,3)4)13-15-8-6-14(7-9-15)10-11-18(24,25)19(26,27)20(28,29)21(30,31)22(32,33)23(34,35)36/h6-11H,5,12-13H2,1-4H3/b11-10+. The molecule has 0 aliphatic carbocycles. The zero-order chi connectivity index (χ0) is 30.9. The summed E-state index contributed by atoms with van der Waals surface area (Å²) in [5, 5.41) is 0. The maximum absolute atomic E-state index is 13.9. The number of rotatable bonds is 10. The van der Waals surface area contributed by atoms with Crippen LogP contribution in [0, 0.1) is 0 Å². The number of allylic oxidation sites excluding steroid dienone is 1. The Bertz CT molecular complexity index is 1010. The molecule has 1 amide bonds. The van der Waals surface area contributed by atoms with Gasteiger partial charge in [0.05, 0.1) is 0 Å². The molecule has 0 atom stereocenters. The molecule has 0 bridgehead atoms. The largest absolute Gasteiger partial charge is 0.460 e. The van der Waals surface area contributed by atoms with Crippen LogP contribution in [0.25, 0.3) is 6.08 Å². The molecule has 0 heterocycles. The SMILES string of the molecule is CCCN(Cc1ccc(/C=C/C(F)(F)C(F)(F)C(F)(F)C(F)(F)C(F)(F)C(F)(F)F)cc1)C(=O)OC(C)(C)C. The van der Waals surface area contributed by atoms with Crippen LogP contribution in [0.2, 0.25) is 0 Å². The minimum atomic E-state index is -7.95. The fraction of sp³-hybridized carbons (Fsp3) is 0.609. The number of hydrogen-bond donors (Lipinski definition) is 0. The van der Waals surface area contributed by atoms with E-state index in [2.05, 4.69) is 0 Å². The number of alkyl halides is 13. The summed E-state index contributed by atoms with van der Waals surface area (Å²) >= 11 is 0. The van der Waals surface area contributed by atoms with Crippen LogP contribution >= 0.6 is 0 Å². The quantitative estimate of drug-likeness (QED) is 0.255. The van der Waals surface area contributed by atoms with Gasteiger partial charge in [0.25, 0.3) is 0 Å². The van der Waals surface area contributed by atoms with Gasteiger partial charge < -0.3 is 9.64 Å². The van der Waals surface area contributed by atoms with Crippen molar-refractivity contribution in [3.8, 4) is 0 Å². The summed E-state index contributed by atoms with van der Waals surface area (Å²) in [7, 11) is 0. The van der Waals surface area contributed by atoms with Gasteiger partial charge in [-0.2, -0.15) is 57.1 Å². The summed E-state index contributed by atoms with van der Waals surface area (Å²) < 4.78 is 177. The first-order valence-electron chi connectivity index (χ1n) is 11.0. The smallest absolute Gasteiger partial charge is 0.444 e. The van der Waals surface area contributed by atoms with E-state index in [9.17, 15) is 61.9 Å². The monoisotopic (exact) mass is 593 g/mol. The Morgan fingerprint density at radius 2 is 1.23 bits per heavy atom. The Balaban J connectivity index is 3.20. The molecule has 224 valence electrons. The highest BCUT2D eigenvalue weighted by atomic mass is 19.4. The number of halogens is 13. The van der Waals surface area contributed by atoms with E-state index in [0.29, 0.717) is 12.0 Å². The van der Waals surface area contributed by atoms with E-state index in [1.807, 2.05) is 0 Å². The minimum absolute atomic E-state index is 0.0471. The molecule has 0 spiro atoms. The third-order valence-electron chi connectivity index (χ3n) is 4.94. The molecule has 0 N–H and O–H groups in total. The number of amides is 1. The third kappa shape index (κ3) is 7.10. The Morgan fingerprint density at radius 3 is 1.64 bits per heavy atom. The molecule has 0 aliphatic rings. The molecule has 0 saturated carbocycles. The fourth-order valence-electron chi connectivity index (χ4n) is 2.87. The van der Waals surface area contributed by atoms with Crippen LogP contribution in [0.4, 0.5) is 61.9 Å². The van der Waals surface area contributed by atoms with E-state index in [1.165, 1.54) is 17.0 Å². The maximum atomic E-state index is 13.9. The first kappa shape index (κ1) is 34.3. The van der Waals surface area contributed by atoms with Gasteiger partial charge in [0.1, 0.15) is 5.60 Å². The lowest BCUT2D eigenvalue weighted by Crippen LogP contribution is -2.69. The highest BCUT2D eigenvalue weighted by Gasteiger charge is 2.90.